The number of fused-ring (bicyclic) bond motifs is 1. The van der Waals surface area contributed by atoms with Crippen LogP contribution in [-0.4, -0.2) is 31.7 Å². The molecule has 0 radical (unpaired) electrons. The number of allylic oxidation sites excluding steroid dienone is 1. The summed E-state index contributed by atoms with van der Waals surface area (Å²) in [4.78, 5) is 33.1. The van der Waals surface area contributed by atoms with E-state index in [1.165, 1.54) is 35.1 Å². The number of benzene rings is 2. The first-order valence-electron chi connectivity index (χ1n) is 9.94. The van der Waals surface area contributed by atoms with Gasteiger partial charge in [-0.1, -0.05) is 35.6 Å². The molecular weight excluding hydrogens is 429 g/mol. The number of hydrogen-bond donors (Lipinski definition) is 0. The Labute approximate surface area is 188 Å². The highest BCUT2D eigenvalue weighted by Gasteiger charge is 2.33. The molecule has 4 rings (SSSR count). The number of ether oxygens (including phenoxy) is 1. The summed E-state index contributed by atoms with van der Waals surface area (Å²) in [6.45, 7) is 1.74. The Morgan fingerprint density at radius 2 is 1.81 bits per heavy atom. The quantitative estimate of drug-likeness (QED) is 0.572. The summed E-state index contributed by atoms with van der Waals surface area (Å²) in [5, 5.41) is 0. The van der Waals surface area contributed by atoms with Crippen molar-refractivity contribution in [2.45, 2.75) is 13.0 Å². The van der Waals surface area contributed by atoms with Crippen molar-refractivity contribution >= 4 is 29.1 Å². The third-order valence-electron chi connectivity index (χ3n) is 5.32. The maximum absolute atomic E-state index is 13.4. The first kappa shape index (κ1) is 21.7. The lowest BCUT2D eigenvalue weighted by Gasteiger charge is -2.25. The van der Waals surface area contributed by atoms with E-state index in [0.717, 1.165) is 11.3 Å². The lowest BCUT2D eigenvalue weighted by molar-refractivity contribution is -0.136. The van der Waals surface area contributed by atoms with Crippen molar-refractivity contribution in [3.05, 3.63) is 96.4 Å². The molecule has 3 aromatic rings. The number of aromatic nitrogens is 1. The maximum Gasteiger partial charge on any atom is 0.338 e. The van der Waals surface area contributed by atoms with Crippen molar-refractivity contribution in [3.63, 3.8) is 0 Å². The van der Waals surface area contributed by atoms with Crippen LogP contribution in [0.5, 0.6) is 0 Å². The molecule has 32 heavy (non-hydrogen) atoms. The molecule has 164 valence electrons. The molecule has 0 amide bonds. The monoisotopic (exact) mass is 451 g/mol. The zero-order valence-electron chi connectivity index (χ0n) is 18.1. The number of thiazole rings is 1. The molecule has 2 aromatic carbocycles. The molecule has 1 atom stereocenters. The molecule has 0 aliphatic carbocycles. The predicted octanol–water partition coefficient (Wildman–Crippen LogP) is 2.61. The van der Waals surface area contributed by atoms with Crippen LogP contribution in [0.3, 0.4) is 0 Å². The number of carbonyl (C=O) groups excluding carboxylic acids is 1. The number of hydrogen-bond acceptors (Lipinski definition) is 6. The van der Waals surface area contributed by atoms with Gasteiger partial charge in [0.25, 0.3) is 5.56 Å². The van der Waals surface area contributed by atoms with Gasteiger partial charge in [-0.15, -0.1) is 0 Å². The number of nitrogens with zero attached hydrogens (tertiary/aromatic N) is 3. The lowest BCUT2D eigenvalue weighted by Crippen LogP contribution is -2.39. The highest BCUT2D eigenvalue weighted by atomic mass is 32.1. The second kappa shape index (κ2) is 8.55. The fourth-order valence-corrected chi connectivity index (χ4v) is 4.72. The Hall–Kier alpha value is -3.52. The van der Waals surface area contributed by atoms with E-state index in [0.29, 0.717) is 26.2 Å². The normalized spacial score (nSPS) is 15.9. The highest BCUT2D eigenvalue weighted by Crippen LogP contribution is 2.31. The molecule has 0 saturated heterocycles. The van der Waals surface area contributed by atoms with Gasteiger partial charge in [0, 0.05) is 19.8 Å². The van der Waals surface area contributed by atoms with Crippen LogP contribution < -0.4 is 19.8 Å². The van der Waals surface area contributed by atoms with Crippen molar-refractivity contribution in [2.24, 2.45) is 4.99 Å². The molecule has 1 unspecified atom stereocenters. The molecule has 0 fully saturated rings. The molecule has 0 bridgehead atoms. The summed E-state index contributed by atoms with van der Waals surface area (Å²) in [6, 6.07) is 12.9. The number of carbonyl (C=O) groups is 1. The van der Waals surface area contributed by atoms with E-state index in [2.05, 4.69) is 4.99 Å². The Bertz CT molecular complexity index is 1380. The largest absolute Gasteiger partial charge is 0.466 e. The molecule has 0 spiro atoms. The summed E-state index contributed by atoms with van der Waals surface area (Å²) >= 11 is 1.23. The Morgan fingerprint density at radius 3 is 2.41 bits per heavy atom. The Kier molecular flexibility index (Phi) is 5.80. The summed E-state index contributed by atoms with van der Waals surface area (Å²) in [6.07, 6.45) is 1.70. The van der Waals surface area contributed by atoms with Crippen molar-refractivity contribution in [2.75, 3.05) is 26.1 Å². The van der Waals surface area contributed by atoms with Crippen molar-refractivity contribution in [1.29, 1.82) is 0 Å². The molecule has 1 aromatic heterocycles. The predicted molar refractivity (Wildman–Crippen MR) is 123 cm³/mol. The van der Waals surface area contributed by atoms with E-state index in [1.54, 1.807) is 25.1 Å². The summed E-state index contributed by atoms with van der Waals surface area (Å²) in [5.41, 5.74) is 3.04. The fourth-order valence-electron chi connectivity index (χ4n) is 3.67. The topological polar surface area (TPSA) is 63.9 Å². The van der Waals surface area contributed by atoms with Gasteiger partial charge in [0.05, 0.1) is 29.0 Å². The smallest absolute Gasteiger partial charge is 0.338 e. The Balaban J connectivity index is 1.93. The molecule has 1 aliphatic heterocycles. The number of anilines is 1. The molecular formula is C24H22FN3O3S. The van der Waals surface area contributed by atoms with Crippen LogP contribution in [0.2, 0.25) is 0 Å². The van der Waals surface area contributed by atoms with Gasteiger partial charge in [0.1, 0.15) is 5.82 Å². The van der Waals surface area contributed by atoms with Crippen molar-refractivity contribution in [3.8, 4) is 0 Å². The first-order valence-corrected chi connectivity index (χ1v) is 10.8. The van der Waals surface area contributed by atoms with Crippen LogP contribution in [0.15, 0.2) is 69.6 Å². The lowest BCUT2D eigenvalue weighted by atomic mass is 9.95. The van der Waals surface area contributed by atoms with Crippen LogP contribution in [0, 0.1) is 5.82 Å². The van der Waals surface area contributed by atoms with Gasteiger partial charge in [-0.25, -0.2) is 14.2 Å². The average Bonchev–Trinajstić information content (AvgIpc) is 3.08. The number of esters is 1. The minimum atomic E-state index is -0.662. The number of halogens is 1. The van der Waals surface area contributed by atoms with Crippen molar-refractivity contribution < 1.29 is 13.9 Å². The number of rotatable bonds is 4. The van der Waals surface area contributed by atoms with E-state index in [1.807, 2.05) is 43.3 Å². The molecule has 1 aliphatic rings. The van der Waals surface area contributed by atoms with Gasteiger partial charge >= 0.3 is 5.97 Å². The van der Waals surface area contributed by atoms with Gasteiger partial charge in [-0.2, -0.15) is 0 Å². The van der Waals surface area contributed by atoms with Gasteiger partial charge < -0.3 is 9.64 Å². The van der Waals surface area contributed by atoms with E-state index in [-0.39, 0.29) is 11.4 Å². The van der Waals surface area contributed by atoms with E-state index in [9.17, 15) is 14.0 Å². The van der Waals surface area contributed by atoms with Crippen LogP contribution >= 0.6 is 11.3 Å². The molecule has 0 N–H and O–H groups in total. The van der Waals surface area contributed by atoms with Gasteiger partial charge in [-0.05, 0) is 48.4 Å². The number of methoxy groups -OCH3 is 1. The highest BCUT2D eigenvalue weighted by molar-refractivity contribution is 7.07. The fraction of sp³-hybridized carbons (Fsp3) is 0.208. The zero-order chi connectivity index (χ0) is 23.0. The SMILES string of the molecule is COC(=O)C1=C(C)N=c2sc(=Cc3ccc(F)cc3)c(=O)n2C1c1ccc(N(C)C)cc1. The molecule has 0 saturated carbocycles. The van der Waals surface area contributed by atoms with Crippen LogP contribution in [0.4, 0.5) is 10.1 Å². The third-order valence-corrected chi connectivity index (χ3v) is 6.30. The van der Waals surface area contributed by atoms with Crippen LogP contribution in [-0.2, 0) is 9.53 Å². The van der Waals surface area contributed by atoms with Gasteiger partial charge in [0.2, 0.25) is 0 Å². The van der Waals surface area contributed by atoms with Gasteiger partial charge in [-0.3, -0.25) is 9.36 Å². The zero-order valence-corrected chi connectivity index (χ0v) is 18.9. The second-order valence-electron chi connectivity index (χ2n) is 7.61. The van der Waals surface area contributed by atoms with Crippen LogP contribution in [0.25, 0.3) is 6.08 Å². The average molecular weight is 452 g/mol. The van der Waals surface area contributed by atoms with E-state index >= 15 is 0 Å². The summed E-state index contributed by atoms with van der Waals surface area (Å²) in [5.74, 6) is -0.871. The van der Waals surface area contributed by atoms with E-state index in [4.69, 9.17) is 4.74 Å². The summed E-state index contributed by atoms with van der Waals surface area (Å²) in [7, 11) is 5.20. The molecule has 6 nitrogen and oxygen atoms in total. The molecule has 2 heterocycles. The minimum Gasteiger partial charge on any atom is -0.466 e. The van der Waals surface area contributed by atoms with Crippen LogP contribution in [0.1, 0.15) is 24.1 Å². The Morgan fingerprint density at radius 1 is 1.16 bits per heavy atom. The van der Waals surface area contributed by atoms with E-state index < -0.39 is 12.0 Å². The summed E-state index contributed by atoms with van der Waals surface area (Å²) < 4.78 is 20.3. The standard InChI is InChI=1S/C24H22FN3O3S/c1-14-20(23(30)31-4)21(16-7-11-18(12-8-16)27(2)3)28-22(29)19(32-24(28)26-14)13-15-5-9-17(25)10-6-15/h5-13,21H,1-4H3. The van der Waals surface area contributed by atoms with Gasteiger partial charge in [0.15, 0.2) is 4.80 Å². The second-order valence-corrected chi connectivity index (χ2v) is 8.62. The molecule has 8 heteroatoms. The first-order chi connectivity index (χ1) is 15.3. The minimum absolute atomic E-state index is 0.270. The third kappa shape index (κ3) is 3.89. The maximum atomic E-state index is 13.4. The van der Waals surface area contributed by atoms with Crippen molar-refractivity contribution in [1.82, 2.24) is 4.57 Å².